The Labute approximate surface area is 243 Å². The van der Waals surface area contributed by atoms with Gasteiger partial charge in [0.1, 0.15) is 23.4 Å². The number of ether oxygens (including phenoxy) is 1. The van der Waals surface area contributed by atoms with Crippen molar-refractivity contribution in [3.05, 3.63) is 130 Å². The topological polar surface area (TPSA) is 89.4 Å². The van der Waals surface area contributed by atoms with E-state index in [1.165, 1.54) is 0 Å². The minimum Gasteiger partial charge on any atom is -0.489 e. The van der Waals surface area contributed by atoms with E-state index < -0.39 is 5.97 Å². The molecule has 41 heavy (non-hydrogen) atoms. The van der Waals surface area contributed by atoms with Crippen molar-refractivity contribution < 1.29 is 19.4 Å². The molecule has 0 amide bonds. The van der Waals surface area contributed by atoms with Gasteiger partial charge in [0.15, 0.2) is 5.78 Å². The highest BCUT2D eigenvalue weighted by molar-refractivity contribution is 7.00. The van der Waals surface area contributed by atoms with Crippen molar-refractivity contribution in [3.63, 3.8) is 0 Å². The van der Waals surface area contributed by atoms with E-state index in [-0.39, 0.29) is 28.8 Å². The molecule has 0 unspecified atom stereocenters. The summed E-state index contributed by atoms with van der Waals surface area (Å²) in [7, 11) is 0. The van der Waals surface area contributed by atoms with Crippen molar-refractivity contribution >= 4 is 40.1 Å². The van der Waals surface area contributed by atoms with E-state index in [2.05, 4.69) is 29.5 Å². The van der Waals surface area contributed by atoms with Crippen LogP contribution >= 0.6 is 11.7 Å². The fourth-order valence-electron chi connectivity index (χ4n) is 4.59. The van der Waals surface area contributed by atoms with Crippen LogP contribution < -0.4 is 4.74 Å². The third-order valence-corrected chi connectivity index (χ3v) is 7.45. The number of nitrogens with zero attached hydrogens (tertiary/aromatic N) is 2. The van der Waals surface area contributed by atoms with Gasteiger partial charge in [0.2, 0.25) is 0 Å². The van der Waals surface area contributed by atoms with Gasteiger partial charge in [0, 0.05) is 17.6 Å². The number of carbonyl (C=O) groups excluding carboxylic acids is 1. The Balaban J connectivity index is 1.52. The average molecular weight is 563 g/mol. The van der Waals surface area contributed by atoms with Crippen LogP contribution in [0.1, 0.15) is 53.4 Å². The van der Waals surface area contributed by atoms with Crippen LogP contribution in [0.4, 0.5) is 0 Å². The Kier molecular flexibility index (Phi) is 8.08. The predicted octanol–water partition coefficient (Wildman–Crippen LogP) is 7.53. The number of hydrogen-bond acceptors (Lipinski definition) is 6. The minimum atomic E-state index is -1.18. The van der Waals surface area contributed by atoms with Gasteiger partial charge in [-0.05, 0) is 64.1 Å². The number of fused-ring (bicyclic) bond motifs is 1. The molecule has 0 fully saturated rings. The van der Waals surface area contributed by atoms with Crippen LogP contribution in [0, 0.1) is 0 Å². The van der Waals surface area contributed by atoms with Gasteiger partial charge in [-0.2, -0.15) is 8.75 Å². The lowest BCUT2D eigenvalue weighted by Gasteiger charge is -2.19. The molecule has 4 aromatic carbocycles. The first-order valence-electron chi connectivity index (χ1n) is 13.3. The zero-order valence-electron chi connectivity index (χ0n) is 23.1. The summed E-state index contributed by atoms with van der Waals surface area (Å²) >= 11 is 1.06. The molecule has 0 saturated heterocycles. The smallest absolute Gasteiger partial charge is 0.336 e. The Morgan fingerprint density at radius 3 is 2.10 bits per heavy atom. The van der Waals surface area contributed by atoms with Crippen LogP contribution in [0.2, 0.25) is 0 Å². The summed E-state index contributed by atoms with van der Waals surface area (Å²) in [5.74, 6) is -0.910. The second-order valence-electron chi connectivity index (χ2n) is 10.9. The third kappa shape index (κ3) is 6.58. The standard InChI is InChI=1S/C34H30N2O4S/c1-34(2,3)26-14-9-22(10-15-26)19-28(31(33(38)39)25-13-18-29-30(20-25)36-41-35-29)32(37)24-11-16-27(17-12-24)40-21-23-7-5-4-6-8-23/h4-18,20H,19,21H2,1-3H3,(H,38,39)/b31-28+. The van der Waals surface area contributed by atoms with Crippen LogP contribution in [0.25, 0.3) is 16.6 Å². The predicted molar refractivity (Wildman–Crippen MR) is 162 cm³/mol. The second kappa shape index (κ2) is 11.9. The molecular formula is C34H30N2O4S. The van der Waals surface area contributed by atoms with Gasteiger partial charge in [0.05, 0.1) is 17.3 Å². The third-order valence-electron chi connectivity index (χ3n) is 6.90. The van der Waals surface area contributed by atoms with Gasteiger partial charge in [0.25, 0.3) is 0 Å². The lowest BCUT2D eigenvalue weighted by atomic mass is 9.85. The SMILES string of the molecule is CC(C)(C)c1ccc(C/C(C(=O)c2ccc(OCc3ccccc3)cc2)=C(\C(=O)O)c2ccc3nsnc3c2)cc1. The highest BCUT2D eigenvalue weighted by atomic mass is 32.1. The molecule has 1 heterocycles. The number of carboxylic acid groups (broad SMARTS) is 1. The van der Waals surface area contributed by atoms with Crippen molar-refractivity contribution in [1.82, 2.24) is 8.75 Å². The fourth-order valence-corrected chi connectivity index (χ4v) is 5.11. The molecule has 0 atom stereocenters. The number of aliphatic carboxylic acids is 1. The number of rotatable bonds is 9. The number of carboxylic acids is 1. The second-order valence-corrected chi connectivity index (χ2v) is 11.4. The van der Waals surface area contributed by atoms with Crippen molar-refractivity contribution in [2.24, 2.45) is 0 Å². The quantitative estimate of drug-likeness (QED) is 0.148. The van der Waals surface area contributed by atoms with Gasteiger partial charge < -0.3 is 9.84 Å². The van der Waals surface area contributed by atoms with Gasteiger partial charge in [-0.25, -0.2) is 4.79 Å². The zero-order valence-corrected chi connectivity index (χ0v) is 23.9. The molecule has 0 saturated carbocycles. The summed E-state index contributed by atoms with van der Waals surface area (Å²) in [4.78, 5) is 26.7. The molecule has 7 heteroatoms. The molecule has 1 N–H and O–H groups in total. The minimum absolute atomic E-state index is 0.0272. The van der Waals surface area contributed by atoms with E-state index in [0.29, 0.717) is 34.5 Å². The van der Waals surface area contributed by atoms with E-state index in [0.717, 1.165) is 28.4 Å². The lowest BCUT2D eigenvalue weighted by molar-refractivity contribution is -0.130. The van der Waals surface area contributed by atoms with E-state index in [9.17, 15) is 14.7 Å². The van der Waals surface area contributed by atoms with E-state index in [1.807, 2.05) is 54.6 Å². The maximum atomic E-state index is 14.0. The van der Waals surface area contributed by atoms with E-state index in [4.69, 9.17) is 4.74 Å². The highest BCUT2D eigenvalue weighted by Gasteiger charge is 2.25. The molecule has 0 aliphatic rings. The summed E-state index contributed by atoms with van der Waals surface area (Å²) in [6.45, 7) is 6.81. The molecule has 0 aliphatic carbocycles. The fraction of sp³-hybridized carbons (Fsp3) is 0.176. The first kappa shape index (κ1) is 27.9. The summed E-state index contributed by atoms with van der Waals surface area (Å²) in [5, 5.41) is 10.4. The number of ketones is 1. The Bertz CT molecular complexity index is 1720. The van der Waals surface area contributed by atoms with Gasteiger partial charge in [-0.3, -0.25) is 4.79 Å². The number of benzene rings is 4. The van der Waals surface area contributed by atoms with Crippen LogP contribution in [0.15, 0.2) is 103 Å². The van der Waals surface area contributed by atoms with Crippen molar-refractivity contribution in [2.75, 3.05) is 0 Å². The molecule has 5 aromatic rings. The maximum absolute atomic E-state index is 14.0. The molecule has 0 radical (unpaired) electrons. The van der Waals surface area contributed by atoms with Gasteiger partial charge in [-0.1, -0.05) is 81.4 Å². The molecule has 0 aliphatic heterocycles. The van der Waals surface area contributed by atoms with Crippen LogP contribution in [-0.2, 0) is 23.2 Å². The number of allylic oxidation sites excluding steroid dienone is 1. The number of carbonyl (C=O) groups is 2. The Morgan fingerprint density at radius 2 is 1.44 bits per heavy atom. The number of Topliss-reactive ketones (excluding diaryl/α,β-unsaturated/α-hetero) is 1. The van der Waals surface area contributed by atoms with Crippen molar-refractivity contribution in [1.29, 1.82) is 0 Å². The van der Waals surface area contributed by atoms with Crippen molar-refractivity contribution in [3.8, 4) is 5.75 Å². The van der Waals surface area contributed by atoms with Crippen molar-refractivity contribution in [2.45, 2.75) is 39.2 Å². The first-order chi connectivity index (χ1) is 19.7. The highest BCUT2D eigenvalue weighted by Crippen LogP contribution is 2.29. The lowest BCUT2D eigenvalue weighted by Crippen LogP contribution is -2.14. The van der Waals surface area contributed by atoms with Crippen LogP contribution in [-0.4, -0.2) is 25.6 Å². The number of hydrogen-bond donors (Lipinski definition) is 1. The zero-order chi connectivity index (χ0) is 29.0. The first-order valence-corrected chi connectivity index (χ1v) is 14.0. The van der Waals surface area contributed by atoms with E-state index in [1.54, 1.807) is 42.5 Å². The molecule has 6 nitrogen and oxygen atoms in total. The monoisotopic (exact) mass is 562 g/mol. The summed E-state index contributed by atoms with van der Waals surface area (Å²) < 4.78 is 14.4. The molecular weight excluding hydrogens is 532 g/mol. The maximum Gasteiger partial charge on any atom is 0.336 e. The largest absolute Gasteiger partial charge is 0.489 e. The number of aromatic nitrogens is 2. The summed E-state index contributed by atoms with van der Waals surface area (Å²) in [6, 6.07) is 29.7. The molecule has 206 valence electrons. The summed E-state index contributed by atoms with van der Waals surface area (Å²) in [5.41, 5.74) is 5.23. The van der Waals surface area contributed by atoms with Gasteiger partial charge in [-0.15, -0.1) is 0 Å². The molecule has 0 spiro atoms. The van der Waals surface area contributed by atoms with Gasteiger partial charge >= 0.3 is 5.97 Å². The Hall–Kier alpha value is -4.62. The molecule has 0 bridgehead atoms. The van der Waals surface area contributed by atoms with Crippen LogP contribution in [0.3, 0.4) is 0 Å². The molecule has 1 aromatic heterocycles. The van der Waals surface area contributed by atoms with Crippen LogP contribution in [0.5, 0.6) is 5.75 Å². The normalized spacial score (nSPS) is 12.2. The van der Waals surface area contributed by atoms with E-state index >= 15 is 0 Å². The average Bonchev–Trinajstić information content (AvgIpc) is 3.44. The molecule has 5 rings (SSSR count). The summed E-state index contributed by atoms with van der Waals surface area (Å²) in [6.07, 6.45) is 0.157. The Morgan fingerprint density at radius 1 is 0.780 bits per heavy atom.